The molecule has 0 radical (unpaired) electrons. The Kier molecular flexibility index (Phi) is 29.1. The summed E-state index contributed by atoms with van der Waals surface area (Å²) in [6, 6.07) is 0. The monoisotopic (exact) mass is 379 g/mol. The van der Waals surface area contributed by atoms with Crippen LogP contribution in [-0.2, 0) is 0 Å². The maximum absolute atomic E-state index is 5.69. The molecule has 148 valence electrons. The van der Waals surface area contributed by atoms with E-state index in [0.29, 0.717) is 7.93 Å². The van der Waals surface area contributed by atoms with Crippen molar-refractivity contribution < 1.29 is 0 Å². The van der Waals surface area contributed by atoms with Gasteiger partial charge in [-0.05, 0) is 41.7 Å². The van der Waals surface area contributed by atoms with Crippen LogP contribution in [-0.4, -0.2) is 32.2 Å². The zero-order valence-corrected chi connectivity index (χ0v) is 19.1. The Labute approximate surface area is 161 Å². The van der Waals surface area contributed by atoms with Gasteiger partial charge in [0, 0.05) is 0 Å². The molecule has 1 unspecified atom stereocenters. The van der Waals surface area contributed by atoms with E-state index in [1.165, 1.54) is 109 Å². The predicted molar refractivity (Wildman–Crippen MR) is 118 cm³/mol. The van der Waals surface area contributed by atoms with Crippen molar-refractivity contribution in [3.8, 4) is 0 Å². The van der Waals surface area contributed by atoms with E-state index in [4.69, 9.17) is 11.2 Å². The summed E-state index contributed by atoms with van der Waals surface area (Å²) in [6.45, 7) is 2.29. The Hall–Kier alpha value is 0.680. The lowest BCUT2D eigenvalue weighted by Gasteiger charge is -2.03. The summed E-state index contributed by atoms with van der Waals surface area (Å²) in [5.74, 6) is 0. The van der Waals surface area contributed by atoms with Crippen LogP contribution in [0.25, 0.3) is 0 Å². The van der Waals surface area contributed by atoms with Crippen molar-refractivity contribution in [3.05, 3.63) is 0 Å². The van der Waals surface area contributed by atoms with E-state index < -0.39 is 0 Å². The van der Waals surface area contributed by atoms with Gasteiger partial charge >= 0.3 is 0 Å². The van der Waals surface area contributed by atoms with Crippen molar-refractivity contribution in [1.29, 1.82) is 0 Å². The Morgan fingerprint density at radius 1 is 0.542 bits per heavy atom. The molecule has 0 saturated heterocycles. The molecule has 0 aliphatic heterocycles. The van der Waals surface area contributed by atoms with Gasteiger partial charge in [-0.2, -0.15) is 0 Å². The molecule has 0 aliphatic carbocycles. The van der Waals surface area contributed by atoms with Crippen LogP contribution in [0, 0.1) is 0 Å². The van der Waals surface area contributed by atoms with E-state index in [-0.39, 0.29) is 0 Å². The van der Waals surface area contributed by atoms with Gasteiger partial charge in [0.2, 0.25) is 0 Å². The average Bonchev–Trinajstić information content (AvgIpc) is 2.54. The second kappa shape index (κ2) is 25.9. The lowest BCUT2D eigenvalue weighted by molar-refractivity contribution is 0.505. The van der Waals surface area contributed by atoms with Gasteiger partial charge in [0.15, 0.2) is 0 Å². The third kappa shape index (κ3) is 34.1. The summed E-state index contributed by atoms with van der Waals surface area (Å²) >= 11 is 5.69. The third-order valence-electron chi connectivity index (χ3n) is 4.12. The SMILES string of the molecule is CCCCCCCCCCCCCCCCCCPCl.CN(C)C. The molecule has 0 aromatic carbocycles. The Morgan fingerprint density at radius 3 is 1.04 bits per heavy atom. The number of hydrogen-bond acceptors (Lipinski definition) is 1. The van der Waals surface area contributed by atoms with E-state index in [1.54, 1.807) is 0 Å². The van der Waals surface area contributed by atoms with Gasteiger partial charge in [0.1, 0.15) is 0 Å². The van der Waals surface area contributed by atoms with Gasteiger partial charge in [0.25, 0.3) is 0 Å². The third-order valence-corrected chi connectivity index (χ3v) is 5.23. The number of nitrogens with zero attached hydrogens (tertiary/aromatic N) is 1. The fourth-order valence-corrected chi connectivity index (χ4v) is 3.52. The summed E-state index contributed by atoms with van der Waals surface area (Å²) in [6.07, 6.45) is 24.4. The van der Waals surface area contributed by atoms with Gasteiger partial charge in [0.05, 0.1) is 0 Å². The molecule has 0 spiro atoms. The molecule has 0 fully saturated rings. The molecule has 1 atom stereocenters. The molecular weight excluding hydrogens is 333 g/mol. The number of unbranched alkanes of at least 4 members (excludes halogenated alkanes) is 15. The summed E-state index contributed by atoms with van der Waals surface area (Å²) in [5, 5.41) is 0. The highest BCUT2D eigenvalue weighted by atomic mass is 35.7. The minimum atomic E-state index is 0.641. The van der Waals surface area contributed by atoms with E-state index in [0.717, 1.165) is 0 Å². The predicted octanol–water partition coefficient (Wildman–Crippen LogP) is 8.26. The van der Waals surface area contributed by atoms with E-state index in [2.05, 4.69) is 6.92 Å². The fraction of sp³-hybridized carbons (Fsp3) is 1.00. The second-order valence-electron chi connectivity index (χ2n) is 7.53. The highest BCUT2D eigenvalue weighted by molar-refractivity contribution is 7.68. The molecule has 0 aliphatic rings. The molecule has 3 heteroatoms. The van der Waals surface area contributed by atoms with Gasteiger partial charge in [-0.25, -0.2) is 0 Å². The number of hydrogen-bond donors (Lipinski definition) is 0. The smallest absolute Gasteiger partial charge is 0.0140 e. The summed E-state index contributed by atoms with van der Waals surface area (Å²) in [4.78, 5) is 2.00. The number of halogens is 1. The average molecular weight is 380 g/mol. The normalized spacial score (nSPS) is 11.2. The zero-order valence-electron chi connectivity index (χ0n) is 17.3. The summed E-state index contributed by atoms with van der Waals surface area (Å²) < 4.78 is 0. The minimum absolute atomic E-state index is 0.641. The largest absolute Gasteiger partial charge is 0.312 e. The summed E-state index contributed by atoms with van der Waals surface area (Å²) in [7, 11) is 6.64. The molecular formula is C21H47ClNP. The lowest BCUT2D eigenvalue weighted by atomic mass is 10.0. The summed E-state index contributed by atoms with van der Waals surface area (Å²) in [5.41, 5.74) is 0. The van der Waals surface area contributed by atoms with Crippen molar-refractivity contribution in [2.24, 2.45) is 0 Å². The Bertz CT molecular complexity index is 180. The lowest BCUT2D eigenvalue weighted by Crippen LogP contribution is -1.99. The molecule has 0 rings (SSSR count). The topological polar surface area (TPSA) is 3.24 Å². The molecule has 1 nitrogen and oxygen atoms in total. The van der Waals surface area contributed by atoms with Crippen molar-refractivity contribution in [2.75, 3.05) is 27.3 Å². The first-order valence-corrected chi connectivity index (χ1v) is 12.8. The molecule has 0 saturated carbocycles. The molecule has 0 amide bonds. The van der Waals surface area contributed by atoms with E-state index in [1.807, 2.05) is 26.0 Å². The molecule has 0 N–H and O–H groups in total. The fourth-order valence-electron chi connectivity index (χ4n) is 2.74. The van der Waals surface area contributed by atoms with Crippen LogP contribution in [0.5, 0.6) is 0 Å². The first-order valence-electron chi connectivity index (χ1n) is 10.6. The Balaban J connectivity index is 0. The standard InChI is InChI=1S/C18H38ClP.C3H9N/c1-2-3-4-5-6-7-8-9-10-11-12-13-14-15-16-17-18-20-19;1-4(2)3/h20H,2-18H2,1H3;1-3H3. The van der Waals surface area contributed by atoms with Gasteiger partial charge in [-0.15, -0.1) is 11.2 Å². The highest BCUT2D eigenvalue weighted by Gasteiger charge is 1.94. The van der Waals surface area contributed by atoms with Gasteiger partial charge < -0.3 is 4.90 Å². The minimum Gasteiger partial charge on any atom is -0.312 e. The van der Waals surface area contributed by atoms with Crippen LogP contribution < -0.4 is 0 Å². The van der Waals surface area contributed by atoms with Crippen LogP contribution in [0.15, 0.2) is 0 Å². The Morgan fingerprint density at radius 2 is 0.792 bits per heavy atom. The van der Waals surface area contributed by atoms with Crippen LogP contribution in [0.1, 0.15) is 110 Å². The molecule has 0 aromatic heterocycles. The van der Waals surface area contributed by atoms with Crippen LogP contribution in [0.2, 0.25) is 0 Å². The maximum atomic E-state index is 5.69. The second-order valence-corrected chi connectivity index (χ2v) is 9.10. The molecule has 0 heterocycles. The van der Waals surface area contributed by atoms with Gasteiger partial charge in [-0.1, -0.05) is 103 Å². The molecule has 0 aromatic rings. The van der Waals surface area contributed by atoms with Crippen LogP contribution >= 0.6 is 19.2 Å². The van der Waals surface area contributed by atoms with Crippen LogP contribution in [0.4, 0.5) is 0 Å². The molecule has 24 heavy (non-hydrogen) atoms. The van der Waals surface area contributed by atoms with E-state index in [9.17, 15) is 0 Å². The quantitative estimate of drug-likeness (QED) is 0.181. The number of rotatable bonds is 17. The first kappa shape index (κ1) is 26.9. The van der Waals surface area contributed by atoms with Gasteiger partial charge in [-0.3, -0.25) is 0 Å². The maximum Gasteiger partial charge on any atom is -0.0140 e. The van der Waals surface area contributed by atoms with E-state index >= 15 is 0 Å². The first-order chi connectivity index (χ1) is 11.6. The van der Waals surface area contributed by atoms with Crippen molar-refractivity contribution in [1.82, 2.24) is 4.90 Å². The van der Waals surface area contributed by atoms with Crippen molar-refractivity contribution >= 4 is 19.2 Å². The zero-order chi connectivity index (χ0) is 18.3. The van der Waals surface area contributed by atoms with Crippen molar-refractivity contribution in [2.45, 2.75) is 110 Å². The van der Waals surface area contributed by atoms with Crippen LogP contribution in [0.3, 0.4) is 0 Å². The van der Waals surface area contributed by atoms with Crippen molar-refractivity contribution in [3.63, 3.8) is 0 Å². The highest BCUT2D eigenvalue weighted by Crippen LogP contribution is 2.19. The molecule has 0 bridgehead atoms.